The number of rotatable bonds is 3. The number of anilines is 1. The van der Waals surface area contributed by atoms with E-state index in [1.54, 1.807) is 4.90 Å². The first kappa shape index (κ1) is 16.2. The minimum atomic E-state index is -0.575. The Balaban J connectivity index is 1.73. The molecule has 1 N–H and O–H groups in total. The molecular formula is C16H16ClN4O3+. The van der Waals surface area contributed by atoms with E-state index >= 15 is 0 Å². The van der Waals surface area contributed by atoms with Crippen molar-refractivity contribution >= 4 is 29.0 Å². The first-order valence-corrected chi connectivity index (χ1v) is 7.89. The molecular weight excluding hydrogens is 332 g/mol. The Morgan fingerprint density at radius 3 is 2.54 bits per heavy atom. The lowest BCUT2D eigenvalue weighted by Gasteiger charge is -2.30. The van der Waals surface area contributed by atoms with E-state index in [2.05, 4.69) is 9.88 Å². The van der Waals surface area contributed by atoms with Gasteiger partial charge in [-0.3, -0.25) is 19.8 Å². The number of nitro groups is 1. The molecule has 1 fully saturated rings. The van der Waals surface area contributed by atoms with Gasteiger partial charge in [0.2, 0.25) is 0 Å². The molecule has 24 heavy (non-hydrogen) atoms. The molecule has 7 nitrogen and oxygen atoms in total. The highest BCUT2D eigenvalue weighted by molar-refractivity contribution is 6.31. The van der Waals surface area contributed by atoms with Gasteiger partial charge in [-0.1, -0.05) is 17.7 Å². The number of piperazine rings is 1. The first-order valence-electron chi connectivity index (χ1n) is 7.51. The summed E-state index contributed by atoms with van der Waals surface area (Å²) in [5.74, 6) is 0.650. The van der Waals surface area contributed by atoms with Crippen molar-refractivity contribution in [2.75, 3.05) is 31.1 Å². The highest BCUT2D eigenvalue weighted by atomic mass is 35.5. The number of amides is 1. The van der Waals surface area contributed by atoms with E-state index in [4.69, 9.17) is 11.6 Å². The summed E-state index contributed by atoms with van der Waals surface area (Å²) in [4.78, 5) is 30.2. The molecule has 0 spiro atoms. The number of nitro benzene ring substituents is 1. The number of benzene rings is 1. The average molecular weight is 348 g/mol. The van der Waals surface area contributed by atoms with E-state index in [0.29, 0.717) is 26.2 Å². The second-order valence-electron chi connectivity index (χ2n) is 5.45. The quantitative estimate of drug-likeness (QED) is 0.628. The molecule has 1 amide bonds. The normalized spacial score (nSPS) is 14.5. The molecule has 124 valence electrons. The number of aromatic amines is 1. The molecule has 0 unspecified atom stereocenters. The highest BCUT2D eigenvalue weighted by Gasteiger charge is 2.30. The summed E-state index contributed by atoms with van der Waals surface area (Å²) >= 11 is 5.80. The summed E-state index contributed by atoms with van der Waals surface area (Å²) in [6.45, 7) is 2.32. The number of hydrogen-bond acceptors (Lipinski definition) is 4. The van der Waals surface area contributed by atoms with Crippen molar-refractivity contribution < 1.29 is 14.7 Å². The van der Waals surface area contributed by atoms with Crippen LogP contribution in [0.5, 0.6) is 0 Å². The number of carbonyl (C=O) groups excluding carboxylic acids is 1. The minimum absolute atomic E-state index is 0.0733. The van der Waals surface area contributed by atoms with Crippen molar-refractivity contribution in [3.63, 3.8) is 0 Å². The fourth-order valence-corrected chi connectivity index (χ4v) is 2.90. The number of carbonyl (C=O) groups is 1. The van der Waals surface area contributed by atoms with E-state index in [-0.39, 0.29) is 22.2 Å². The zero-order valence-electron chi connectivity index (χ0n) is 12.8. The zero-order valence-corrected chi connectivity index (χ0v) is 13.6. The zero-order chi connectivity index (χ0) is 17.1. The number of nitrogens with zero attached hydrogens (tertiary/aromatic N) is 3. The molecule has 2 heterocycles. The van der Waals surface area contributed by atoms with Crippen LogP contribution in [0.3, 0.4) is 0 Å². The van der Waals surface area contributed by atoms with Gasteiger partial charge in [-0.25, -0.2) is 4.98 Å². The van der Waals surface area contributed by atoms with Crippen molar-refractivity contribution in [2.24, 2.45) is 0 Å². The summed E-state index contributed by atoms with van der Waals surface area (Å²) in [7, 11) is 0. The van der Waals surface area contributed by atoms with E-state index in [0.717, 1.165) is 5.82 Å². The molecule has 0 atom stereocenters. The predicted octanol–water partition coefficient (Wildman–Crippen LogP) is 2.02. The van der Waals surface area contributed by atoms with Crippen LogP contribution in [0.1, 0.15) is 10.4 Å². The van der Waals surface area contributed by atoms with Crippen molar-refractivity contribution in [3.8, 4) is 0 Å². The molecule has 1 aliphatic heterocycles. The van der Waals surface area contributed by atoms with Gasteiger partial charge in [0.1, 0.15) is 18.7 Å². The third-order valence-electron chi connectivity index (χ3n) is 3.99. The third kappa shape index (κ3) is 3.30. The number of aromatic nitrogens is 1. The van der Waals surface area contributed by atoms with E-state index in [1.807, 2.05) is 24.4 Å². The van der Waals surface area contributed by atoms with Crippen LogP contribution >= 0.6 is 11.6 Å². The van der Waals surface area contributed by atoms with Gasteiger partial charge >= 0.3 is 0 Å². The molecule has 3 rings (SSSR count). The fourth-order valence-electron chi connectivity index (χ4n) is 2.74. The molecule has 1 aromatic heterocycles. The van der Waals surface area contributed by atoms with Crippen LogP contribution in [0.2, 0.25) is 5.02 Å². The molecule has 0 aliphatic carbocycles. The van der Waals surface area contributed by atoms with E-state index in [1.165, 1.54) is 18.2 Å². The fraction of sp³-hybridized carbons (Fsp3) is 0.250. The van der Waals surface area contributed by atoms with Gasteiger partial charge in [0, 0.05) is 17.2 Å². The van der Waals surface area contributed by atoms with Crippen LogP contribution in [-0.4, -0.2) is 41.9 Å². The number of halogens is 1. The summed E-state index contributed by atoms with van der Waals surface area (Å²) in [5.41, 5.74) is -0.185. The van der Waals surface area contributed by atoms with Gasteiger partial charge in [-0.15, -0.1) is 0 Å². The summed E-state index contributed by atoms with van der Waals surface area (Å²) < 4.78 is 0. The minimum Gasteiger partial charge on any atom is -0.331 e. The highest BCUT2D eigenvalue weighted by Crippen LogP contribution is 2.25. The lowest BCUT2D eigenvalue weighted by molar-refractivity contribution is -0.385. The Morgan fingerprint density at radius 2 is 1.92 bits per heavy atom. The molecule has 0 radical (unpaired) electrons. The lowest BCUT2D eigenvalue weighted by atomic mass is 10.1. The van der Waals surface area contributed by atoms with Crippen molar-refractivity contribution in [1.82, 2.24) is 4.90 Å². The van der Waals surface area contributed by atoms with Gasteiger partial charge in [-0.05, 0) is 18.2 Å². The molecule has 1 saturated heterocycles. The van der Waals surface area contributed by atoms with E-state index in [9.17, 15) is 14.9 Å². The van der Waals surface area contributed by atoms with Crippen LogP contribution in [0.4, 0.5) is 11.5 Å². The van der Waals surface area contributed by atoms with Gasteiger partial charge in [0.15, 0.2) is 0 Å². The largest absolute Gasteiger partial charge is 0.331 e. The van der Waals surface area contributed by atoms with Crippen molar-refractivity contribution in [3.05, 3.63) is 63.3 Å². The Hall–Kier alpha value is -2.67. The topological polar surface area (TPSA) is 80.8 Å². The van der Waals surface area contributed by atoms with E-state index < -0.39 is 4.92 Å². The standard InChI is InChI=1S/C16H15ClN4O3/c17-12-4-5-13(14(11-12)21(23)24)16(22)20-9-7-19(8-10-20)15-3-1-2-6-18-15/h1-6,11H,7-10H2/p+1. The monoisotopic (exact) mass is 347 g/mol. The maximum absolute atomic E-state index is 12.6. The Labute approximate surface area is 143 Å². The second kappa shape index (κ2) is 6.84. The van der Waals surface area contributed by atoms with Crippen molar-refractivity contribution in [2.45, 2.75) is 0 Å². The first-order chi connectivity index (χ1) is 11.6. The van der Waals surface area contributed by atoms with Gasteiger partial charge in [-0.2, -0.15) is 0 Å². The average Bonchev–Trinajstić information content (AvgIpc) is 2.62. The lowest BCUT2D eigenvalue weighted by Crippen LogP contribution is -2.50. The molecule has 1 aromatic carbocycles. The Bertz CT molecular complexity index is 761. The number of hydrogen-bond donors (Lipinski definition) is 0. The molecule has 8 heteroatoms. The number of pyridine rings is 1. The molecule has 0 bridgehead atoms. The molecule has 1 aliphatic rings. The SMILES string of the molecule is O=C(c1ccc(Cl)cc1[N+](=O)[O-])N1CCN(c2cccc[nH+]2)CC1. The van der Waals surface area contributed by atoms with Gasteiger partial charge in [0.05, 0.1) is 24.2 Å². The Morgan fingerprint density at radius 1 is 1.17 bits per heavy atom. The molecule has 2 aromatic rings. The summed E-state index contributed by atoms with van der Waals surface area (Å²) in [6, 6.07) is 9.95. The van der Waals surface area contributed by atoms with Crippen molar-refractivity contribution in [1.29, 1.82) is 0 Å². The predicted molar refractivity (Wildman–Crippen MR) is 89.2 cm³/mol. The third-order valence-corrected chi connectivity index (χ3v) is 4.22. The summed E-state index contributed by atoms with van der Waals surface area (Å²) in [5, 5.41) is 11.4. The van der Waals surface area contributed by atoms with Crippen LogP contribution in [-0.2, 0) is 0 Å². The maximum Gasteiger partial charge on any atom is 0.283 e. The van der Waals surface area contributed by atoms with Gasteiger partial charge in [0.25, 0.3) is 17.4 Å². The van der Waals surface area contributed by atoms with Crippen LogP contribution in [0.25, 0.3) is 0 Å². The van der Waals surface area contributed by atoms with Crippen LogP contribution in [0, 0.1) is 10.1 Å². The Kier molecular flexibility index (Phi) is 4.61. The van der Waals surface area contributed by atoms with Crippen LogP contribution in [0.15, 0.2) is 42.6 Å². The smallest absolute Gasteiger partial charge is 0.283 e. The maximum atomic E-state index is 12.6. The second-order valence-corrected chi connectivity index (χ2v) is 5.88. The number of H-pyrrole nitrogens is 1. The van der Waals surface area contributed by atoms with Crippen LogP contribution < -0.4 is 9.88 Å². The number of nitrogens with one attached hydrogen (secondary N) is 1. The molecule has 0 saturated carbocycles. The summed E-state index contributed by atoms with van der Waals surface area (Å²) in [6.07, 6.45) is 1.85. The van der Waals surface area contributed by atoms with Gasteiger partial charge < -0.3 is 4.90 Å².